The maximum Gasteiger partial charge on any atom is 0.255 e. The maximum absolute atomic E-state index is 12.6. The Labute approximate surface area is 138 Å². The molecule has 3 rings (SSSR count). The molecule has 1 saturated heterocycles. The number of carbonyl (C=O) groups is 1. The van der Waals surface area contributed by atoms with Gasteiger partial charge >= 0.3 is 0 Å². The first-order chi connectivity index (χ1) is 11.2. The van der Waals surface area contributed by atoms with Crippen molar-refractivity contribution in [2.45, 2.75) is 44.1 Å². The largest absolute Gasteiger partial charge is 0.379 e. The predicted molar refractivity (Wildman–Crippen MR) is 91.1 cm³/mol. The summed E-state index contributed by atoms with van der Waals surface area (Å²) in [6.45, 7) is 2.85. The standard InChI is InChI=1S/C19H28N2O2/c22-18-19(23,15-20-14-17-9-10-17)11-5-13-21(18)12-4-8-16-6-2-1-3-7-16/h1-3,6-7,17,20,23H,4-5,8-15H2. The van der Waals surface area contributed by atoms with E-state index in [1.165, 1.54) is 18.4 Å². The minimum Gasteiger partial charge on any atom is -0.379 e. The minimum atomic E-state index is -1.19. The number of nitrogens with zero attached hydrogens (tertiary/aromatic N) is 1. The van der Waals surface area contributed by atoms with E-state index < -0.39 is 5.60 Å². The average molecular weight is 316 g/mol. The third-order valence-corrected chi connectivity index (χ3v) is 4.99. The van der Waals surface area contributed by atoms with Crippen molar-refractivity contribution in [3.05, 3.63) is 35.9 Å². The van der Waals surface area contributed by atoms with E-state index in [0.29, 0.717) is 13.0 Å². The smallest absolute Gasteiger partial charge is 0.255 e. The van der Waals surface area contributed by atoms with E-state index in [1.807, 2.05) is 23.1 Å². The zero-order chi connectivity index (χ0) is 16.1. The summed E-state index contributed by atoms with van der Waals surface area (Å²) in [5.41, 5.74) is 0.109. The molecule has 0 radical (unpaired) electrons. The van der Waals surface area contributed by atoms with Gasteiger partial charge in [0.1, 0.15) is 0 Å². The molecule has 1 aromatic rings. The first-order valence-electron chi connectivity index (χ1n) is 8.94. The zero-order valence-corrected chi connectivity index (χ0v) is 13.8. The molecule has 2 aliphatic rings. The number of aliphatic hydroxyl groups is 1. The summed E-state index contributed by atoms with van der Waals surface area (Å²) in [5, 5.41) is 14.0. The quantitative estimate of drug-likeness (QED) is 0.771. The molecule has 1 unspecified atom stereocenters. The van der Waals surface area contributed by atoms with Crippen LogP contribution in [0.2, 0.25) is 0 Å². The lowest BCUT2D eigenvalue weighted by molar-refractivity contribution is -0.156. The molecule has 4 heteroatoms. The Morgan fingerprint density at radius 2 is 2.04 bits per heavy atom. The highest BCUT2D eigenvalue weighted by atomic mass is 16.3. The van der Waals surface area contributed by atoms with Gasteiger partial charge in [-0.3, -0.25) is 4.79 Å². The van der Waals surface area contributed by atoms with Crippen LogP contribution in [0.1, 0.15) is 37.7 Å². The number of benzene rings is 1. The summed E-state index contributed by atoms with van der Waals surface area (Å²) in [4.78, 5) is 14.5. The van der Waals surface area contributed by atoms with Crippen molar-refractivity contribution in [2.75, 3.05) is 26.2 Å². The average Bonchev–Trinajstić information content (AvgIpc) is 3.37. The topological polar surface area (TPSA) is 52.6 Å². The van der Waals surface area contributed by atoms with E-state index >= 15 is 0 Å². The molecule has 23 heavy (non-hydrogen) atoms. The van der Waals surface area contributed by atoms with Gasteiger partial charge in [0.05, 0.1) is 0 Å². The van der Waals surface area contributed by atoms with Gasteiger partial charge in [0.25, 0.3) is 5.91 Å². The summed E-state index contributed by atoms with van der Waals surface area (Å²) in [7, 11) is 0. The normalized spacial score (nSPS) is 24.9. The molecule has 1 heterocycles. The van der Waals surface area contributed by atoms with E-state index in [2.05, 4.69) is 17.4 Å². The number of aryl methyl sites for hydroxylation is 1. The second kappa shape index (κ2) is 7.45. The maximum atomic E-state index is 12.6. The van der Waals surface area contributed by atoms with Gasteiger partial charge in [0.2, 0.25) is 0 Å². The molecule has 0 aromatic heterocycles. The lowest BCUT2D eigenvalue weighted by atomic mass is 9.91. The van der Waals surface area contributed by atoms with Gasteiger partial charge < -0.3 is 15.3 Å². The third-order valence-electron chi connectivity index (χ3n) is 4.99. The van der Waals surface area contributed by atoms with Crippen LogP contribution in [0.3, 0.4) is 0 Å². The van der Waals surface area contributed by atoms with Crippen LogP contribution in [0.5, 0.6) is 0 Å². The Bertz CT molecular complexity index is 515. The first kappa shape index (κ1) is 16.5. The highest BCUT2D eigenvalue weighted by molar-refractivity contribution is 5.86. The van der Waals surface area contributed by atoms with Gasteiger partial charge in [0, 0.05) is 19.6 Å². The first-order valence-corrected chi connectivity index (χ1v) is 8.94. The van der Waals surface area contributed by atoms with Gasteiger partial charge in [-0.15, -0.1) is 0 Å². The van der Waals surface area contributed by atoms with E-state index in [1.54, 1.807) is 0 Å². The molecule has 0 bridgehead atoms. The van der Waals surface area contributed by atoms with Crippen LogP contribution < -0.4 is 5.32 Å². The molecule has 1 atom stereocenters. The van der Waals surface area contributed by atoms with Gasteiger partial charge in [-0.05, 0) is 56.6 Å². The van der Waals surface area contributed by atoms with Crippen LogP contribution in [-0.4, -0.2) is 47.7 Å². The van der Waals surface area contributed by atoms with Crippen molar-refractivity contribution in [1.82, 2.24) is 10.2 Å². The summed E-state index contributed by atoms with van der Waals surface area (Å²) >= 11 is 0. The van der Waals surface area contributed by atoms with Crippen molar-refractivity contribution in [3.63, 3.8) is 0 Å². The van der Waals surface area contributed by atoms with Gasteiger partial charge in [-0.2, -0.15) is 0 Å². The summed E-state index contributed by atoms with van der Waals surface area (Å²) in [5.74, 6) is 0.680. The second-order valence-electron chi connectivity index (χ2n) is 7.09. The molecule has 2 fully saturated rings. The molecular formula is C19H28N2O2. The van der Waals surface area contributed by atoms with E-state index in [0.717, 1.165) is 44.8 Å². The minimum absolute atomic E-state index is 0.0832. The van der Waals surface area contributed by atoms with Crippen molar-refractivity contribution < 1.29 is 9.90 Å². The molecule has 1 amide bonds. The Hall–Kier alpha value is -1.39. The molecule has 126 valence electrons. The Morgan fingerprint density at radius 3 is 2.78 bits per heavy atom. The van der Waals surface area contributed by atoms with Crippen LogP contribution in [0, 0.1) is 5.92 Å². The number of carbonyl (C=O) groups excluding carboxylic acids is 1. The highest BCUT2D eigenvalue weighted by Crippen LogP contribution is 2.28. The SMILES string of the molecule is O=C1N(CCCc2ccccc2)CCCC1(O)CNCC1CC1. The lowest BCUT2D eigenvalue weighted by Crippen LogP contribution is -2.58. The summed E-state index contributed by atoms with van der Waals surface area (Å²) in [6.07, 6.45) is 5.96. The third kappa shape index (κ3) is 4.55. The number of hydrogen-bond acceptors (Lipinski definition) is 3. The molecule has 0 spiro atoms. The Kier molecular flexibility index (Phi) is 5.34. The van der Waals surface area contributed by atoms with E-state index in [9.17, 15) is 9.90 Å². The van der Waals surface area contributed by atoms with Crippen LogP contribution in [0.25, 0.3) is 0 Å². The van der Waals surface area contributed by atoms with Crippen molar-refractivity contribution in [3.8, 4) is 0 Å². The van der Waals surface area contributed by atoms with Crippen LogP contribution >= 0.6 is 0 Å². The number of nitrogens with one attached hydrogen (secondary N) is 1. The van der Waals surface area contributed by atoms with E-state index in [-0.39, 0.29) is 5.91 Å². The van der Waals surface area contributed by atoms with Gasteiger partial charge in [-0.1, -0.05) is 30.3 Å². The highest BCUT2D eigenvalue weighted by Gasteiger charge is 2.41. The molecule has 2 N–H and O–H groups in total. The monoisotopic (exact) mass is 316 g/mol. The van der Waals surface area contributed by atoms with Gasteiger partial charge in [0.15, 0.2) is 5.60 Å². The van der Waals surface area contributed by atoms with Crippen LogP contribution in [0.4, 0.5) is 0 Å². The summed E-state index contributed by atoms with van der Waals surface area (Å²) in [6, 6.07) is 10.4. The fourth-order valence-corrected chi connectivity index (χ4v) is 3.37. The van der Waals surface area contributed by atoms with Gasteiger partial charge in [-0.25, -0.2) is 0 Å². The number of likely N-dealkylation sites (tertiary alicyclic amines) is 1. The number of hydrogen-bond donors (Lipinski definition) is 2. The fraction of sp³-hybridized carbons (Fsp3) is 0.632. The molecule has 1 saturated carbocycles. The summed E-state index contributed by atoms with van der Waals surface area (Å²) < 4.78 is 0. The Balaban J connectivity index is 1.45. The van der Waals surface area contributed by atoms with E-state index in [4.69, 9.17) is 0 Å². The van der Waals surface area contributed by atoms with Crippen LogP contribution in [-0.2, 0) is 11.2 Å². The number of amides is 1. The van der Waals surface area contributed by atoms with Crippen LogP contribution in [0.15, 0.2) is 30.3 Å². The molecule has 1 aromatic carbocycles. The fourth-order valence-electron chi connectivity index (χ4n) is 3.37. The lowest BCUT2D eigenvalue weighted by Gasteiger charge is -2.38. The molecule has 1 aliphatic carbocycles. The number of rotatable bonds is 8. The van der Waals surface area contributed by atoms with Crippen molar-refractivity contribution >= 4 is 5.91 Å². The molecule has 1 aliphatic heterocycles. The Morgan fingerprint density at radius 1 is 1.26 bits per heavy atom. The second-order valence-corrected chi connectivity index (χ2v) is 7.09. The zero-order valence-electron chi connectivity index (χ0n) is 13.8. The van der Waals surface area contributed by atoms with Crippen molar-refractivity contribution in [2.24, 2.45) is 5.92 Å². The van der Waals surface area contributed by atoms with Crippen molar-refractivity contribution in [1.29, 1.82) is 0 Å². The molecule has 4 nitrogen and oxygen atoms in total. The predicted octanol–water partition coefficient (Wildman–Crippen LogP) is 1.97. The molecular weight excluding hydrogens is 288 g/mol. The number of piperidine rings is 1.